The zero-order valence-corrected chi connectivity index (χ0v) is 11.9. The van der Waals surface area contributed by atoms with Crippen molar-refractivity contribution in [3.05, 3.63) is 54.6 Å². The lowest BCUT2D eigenvalue weighted by Gasteiger charge is -2.11. The van der Waals surface area contributed by atoms with Crippen LogP contribution in [-0.2, 0) is 9.53 Å². The van der Waals surface area contributed by atoms with Crippen molar-refractivity contribution in [3.8, 4) is 11.1 Å². The van der Waals surface area contributed by atoms with Crippen molar-refractivity contribution in [1.82, 2.24) is 5.32 Å². The fourth-order valence-corrected chi connectivity index (χ4v) is 2.33. The van der Waals surface area contributed by atoms with Crippen LogP contribution in [0.3, 0.4) is 0 Å². The number of hydrogen-bond acceptors (Lipinski definition) is 3. The van der Waals surface area contributed by atoms with Crippen molar-refractivity contribution in [3.63, 3.8) is 0 Å². The number of urea groups is 1. The maximum Gasteiger partial charge on any atom is 0.328 e. The number of carbonyl (C=O) groups excluding carboxylic acids is 2. The molecule has 0 aliphatic carbocycles. The molecule has 1 aliphatic heterocycles. The maximum absolute atomic E-state index is 11.8. The number of anilines is 1. The molecule has 112 valence electrons. The van der Waals surface area contributed by atoms with E-state index in [1.165, 1.54) is 0 Å². The van der Waals surface area contributed by atoms with Gasteiger partial charge in [0.25, 0.3) is 0 Å². The molecule has 2 N–H and O–H groups in total. The molecule has 5 nitrogen and oxygen atoms in total. The van der Waals surface area contributed by atoms with Crippen molar-refractivity contribution >= 4 is 17.7 Å². The summed E-state index contributed by atoms with van der Waals surface area (Å²) >= 11 is 0. The minimum Gasteiger partial charge on any atom is -0.464 e. The molecule has 0 aromatic heterocycles. The highest BCUT2D eigenvalue weighted by Gasteiger charge is 2.27. The summed E-state index contributed by atoms with van der Waals surface area (Å²) in [4.78, 5) is 23.1. The molecular formula is C17H16N2O3. The van der Waals surface area contributed by atoms with E-state index in [0.29, 0.717) is 18.7 Å². The van der Waals surface area contributed by atoms with Crippen LogP contribution in [0.15, 0.2) is 54.6 Å². The van der Waals surface area contributed by atoms with Crippen LogP contribution in [0.5, 0.6) is 0 Å². The number of cyclic esters (lactones) is 1. The summed E-state index contributed by atoms with van der Waals surface area (Å²) in [5, 5.41) is 5.31. The number of nitrogens with one attached hydrogen (secondary N) is 2. The van der Waals surface area contributed by atoms with Crippen molar-refractivity contribution in [2.24, 2.45) is 0 Å². The van der Waals surface area contributed by atoms with Crippen molar-refractivity contribution in [2.45, 2.75) is 12.5 Å². The minimum atomic E-state index is -0.552. The van der Waals surface area contributed by atoms with E-state index < -0.39 is 12.1 Å². The summed E-state index contributed by atoms with van der Waals surface area (Å²) in [6.07, 6.45) is 0.513. The first kappa shape index (κ1) is 14.1. The third-order valence-electron chi connectivity index (χ3n) is 3.49. The van der Waals surface area contributed by atoms with Gasteiger partial charge in [-0.15, -0.1) is 0 Å². The Labute approximate surface area is 128 Å². The molecule has 1 atom stereocenters. The second-order valence-electron chi connectivity index (χ2n) is 5.05. The summed E-state index contributed by atoms with van der Waals surface area (Å²) in [6, 6.07) is 16.6. The molecule has 3 rings (SSSR count). The number of rotatable bonds is 3. The number of amides is 2. The van der Waals surface area contributed by atoms with Gasteiger partial charge in [-0.3, -0.25) is 0 Å². The zero-order valence-electron chi connectivity index (χ0n) is 11.9. The van der Waals surface area contributed by atoms with E-state index in [1.807, 2.05) is 54.6 Å². The van der Waals surface area contributed by atoms with Gasteiger partial charge >= 0.3 is 12.0 Å². The predicted octanol–water partition coefficient (Wildman–Crippen LogP) is 2.79. The fraction of sp³-hybridized carbons (Fsp3) is 0.176. The molecule has 1 heterocycles. The van der Waals surface area contributed by atoms with Crippen LogP contribution in [0.1, 0.15) is 6.42 Å². The van der Waals surface area contributed by atoms with Gasteiger partial charge in [0.1, 0.15) is 6.04 Å². The van der Waals surface area contributed by atoms with Crippen LogP contribution in [0, 0.1) is 0 Å². The molecule has 2 amide bonds. The Kier molecular flexibility index (Phi) is 4.05. The van der Waals surface area contributed by atoms with Crippen LogP contribution >= 0.6 is 0 Å². The largest absolute Gasteiger partial charge is 0.464 e. The van der Waals surface area contributed by atoms with E-state index in [4.69, 9.17) is 4.74 Å². The average molecular weight is 296 g/mol. The molecule has 2 aromatic carbocycles. The lowest BCUT2D eigenvalue weighted by Crippen LogP contribution is -2.40. The SMILES string of the molecule is O=C(Nc1ccc(-c2ccccc2)cc1)NC1CCOC1=O. The molecule has 0 bridgehead atoms. The molecule has 22 heavy (non-hydrogen) atoms. The normalized spacial score (nSPS) is 16.9. The first-order valence-electron chi connectivity index (χ1n) is 7.12. The van der Waals surface area contributed by atoms with E-state index in [9.17, 15) is 9.59 Å². The number of ether oxygens (including phenoxy) is 1. The smallest absolute Gasteiger partial charge is 0.328 e. The van der Waals surface area contributed by atoms with Crippen LogP contribution in [0.4, 0.5) is 10.5 Å². The van der Waals surface area contributed by atoms with Gasteiger partial charge in [0.15, 0.2) is 0 Å². The lowest BCUT2D eigenvalue weighted by atomic mass is 10.1. The van der Waals surface area contributed by atoms with Gasteiger partial charge in [-0.2, -0.15) is 0 Å². The summed E-state index contributed by atoms with van der Waals surface area (Å²) in [6.45, 7) is 0.357. The monoisotopic (exact) mass is 296 g/mol. The Balaban J connectivity index is 1.61. The molecule has 5 heteroatoms. The number of esters is 1. The number of benzene rings is 2. The second kappa shape index (κ2) is 6.30. The van der Waals surface area contributed by atoms with E-state index in [2.05, 4.69) is 10.6 Å². The summed E-state index contributed by atoms with van der Waals surface area (Å²) in [5.41, 5.74) is 2.86. The van der Waals surface area contributed by atoms with Crippen molar-refractivity contribution < 1.29 is 14.3 Å². The summed E-state index contributed by atoms with van der Waals surface area (Å²) in [5.74, 6) is -0.380. The Bertz CT molecular complexity index is 668. The minimum absolute atomic E-state index is 0.357. The molecule has 1 fully saturated rings. The Morgan fingerprint density at radius 1 is 1.00 bits per heavy atom. The van der Waals surface area contributed by atoms with Crippen LogP contribution in [0.2, 0.25) is 0 Å². The molecule has 1 saturated heterocycles. The van der Waals surface area contributed by atoms with Crippen molar-refractivity contribution in [1.29, 1.82) is 0 Å². The standard InChI is InChI=1S/C17H16N2O3/c20-16-15(10-11-22-16)19-17(21)18-14-8-6-13(7-9-14)12-4-2-1-3-5-12/h1-9,15H,10-11H2,(H2,18,19,21). The lowest BCUT2D eigenvalue weighted by molar-refractivity contribution is -0.139. The van der Waals surface area contributed by atoms with Gasteiger partial charge in [-0.05, 0) is 23.3 Å². The first-order valence-corrected chi connectivity index (χ1v) is 7.12. The first-order chi connectivity index (χ1) is 10.7. The van der Waals surface area contributed by atoms with Crippen LogP contribution in [0.25, 0.3) is 11.1 Å². The van der Waals surface area contributed by atoms with E-state index in [-0.39, 0.29) is 5.97 Å². The highest BCUT2D eigenvalue weighted by atomic mass is 16.5. The highest BCUT2D eigenvalue weighted by molar-refractivity contribution is 5.93. The number of carbonyl (C=O) groups is 2. The third-order valence-corrected chi connectivity index (χ3v) is 3.49. The molecule has 2 aromatic rings. The molecule has 1 unspecified atom stereocenters. The third kappa shape index (κ3) is 3.25. The van der Waals surface area contributed by atoms with Crippen molar-refractivity contribution in [2.75, 3.05) is 11.9 Å². The van der Waals surface area contributed by atoms with Gasteiger partial charge in [0.05, 0.1) is 6.61 Å². The molecule has 0 radical (unpaired) electrons. The summed E-state index contributed by atoms with van der Waals surface area (Å²) < 4.78 is 4.80. The Hall–Kier alpha value is -2.82. The molecule has 1 aliphatic rings. The van der Waals surface area contributed by atoms with Gasteiger partial charge < -0.3 is 15.4 Å². The fourth-order valence-electron chi connectivity index (χ4n) is 2.33. The molecule has 0 spiro atoms. The highest BCUT2D eigenvalue weighted by Crippen LogP contribution is 2.21. The van der Waals surface area contributed by atoms with Crippen LogP contribution in [-0.4, -0.2) is 24.6 Å². The van der Waals surface area contributed by atoms with Gasteiger partial charge in [-0.1, -0.05) is 42.5 Å². The second-order valence-corrected chi connectivity index (χ2v) is 5.05. The number of hydrogen-bond donors (Lipinski definition) is 2. The van der Waals surface area contributed by atoms with Gasteiger partial charge in [0.2, 0.25) is 0 Å². The van der Waals surface area contributed by atoms with E-state index >= 15 is 0 Å². The van der Waals surface area contributed by atoms with E-state index in [1.54, 1.807) is 0 Å². The van der Waals surface area contributed by atoms with Gasteiger partial charge in [0, 0.05) is 12.1 Å². The summed E-state index contributed by atoms with van der Waals surface area (Å²) in [7, 11) is 0. The van der Waals surface area contributed by atoms with E-state index in [0.717, 1.165) is 11.1 Å². The van der Waals surface area contributed by atoms with Crippen LogP contribution < -0.4 is 10.6 Å². The van der Waals surface area contributed by atoms with Gasteiger partial charge in [-0.25, -0.2) is 9.59 Å². The average Bonchev–Trinajstić information content (AvgIpc) is 2.94. The Morgan fingerprint density at radius 2 is 1.68 bits per heavy atom. The Morgan fingerprint density at radius 3 is 2.32 bits per heavy atom. The quantitative estimate of drug-likeness (QED) is 0.856. The topological polar surface area (TPSA) is 67.4 Å². The predicted molar refractivity (Wildman–Crippen MR) is 83.4 cm³/mol. The molecule has 0 saturated carbocycles. The maximum atomic E-state index is 11.8. The molecular weight excluding hydrogens is 280 g/mol. The zero-order chi connectivity index (χ0) is 15.4.